The number of alkyl halides is 3. The highest BCUT2D eigenvalue weighted by Crippen LogP contribution is 2.36. The molecule has 1 aliphatic rings. The number of likely N-dealkylation sites (tertiary alicyclic amines) is 1. The van der Waals surface area contributed by atoms with E-state index in [-0.39, 0.29) is 18.7 Å². The van der Waals surface area contributed by atoms with Crippen LogP contribution in [0.1, 0.15) is 34.6 Å². The van der Waals surface area contributed by atoms with Crippen molar-refractivity contribution in [1.82, 2.24) is 4.90 Å². The SMILES string of the molecule is O=C1CCN(Cc2cccc(C(F)(F)F)c2)CC1C(c1ccc(F)cc1)c1ccc(F)cc1. The average molecular weight is 459 g/mol. The van der Waals surface area contributed by atoms with Gasteiger partial charge in [-0.05, 0) is 47.0 Å². The number of nitrogens with zero attached hydrogens (tertiary/aromatic N) is 1. The summed E-state index contributed by atoms with van der Waals surface area (Å²) in [4.78, 5) is 14.9. The molecule has 7 heteroatoms. The highest BCUT2D eigenvalue weighted by atomic mass is 19.4. The number of halogens is 5. The van der Waals surface area contributed by atoms with Crippen LogP contribution in [0.3, 0.4) is 0 Å². The summed E-state index contributed by atoms with van der Waals surface area (Å²) in [5.74, 6) is -1.71. The van der Waals surface area contributed by atoms with E-state index in [2.05, 4.69) is 0 Å². The molecule has 3 aromatic rings. The van der Waals surface area contributed by atoms with Gasteiger partial charge in [0.2, 0.25) is 0 Å². The molecule has 0 saturated carbocycles. The Morgan fingerprint density at radius 1 is 0.879 bits per heavy atom. The Balaban J connectivity index is 1.62. The quantitative estimate of drug-likeness (QED) is 0.423. The normalized spacial score (nSPS) is 17.5. The Kier molecular flexibility index (Phi) is 6.61. The van der Waals surface area contributed by atoms with Gasteiger partial charge < -0.3 is 0 Å². The van der Waals surface area contributed by atoms with E-state index in [1.165, 1.54) is 30.3 Å². The lowest BCUT2D eigenvalue weighted by Crippen LogP contribution is -2.43. The molecule has 4 rings (SSSR count). The smallest absolute Gasteiger partial charge is 0.299 e. The van der Waals surface area contributed by atoms with Crippen molar-refractivity contribution in [2.24, 2.45) is 5.92 Å². The van der Waals surface area contributed by atoms with Gasteiger partial charge in [0.1, 0.15) is 17.4 Å². The number of hydrogen-bond donors (Lipinski definition) is 0. The number of carbonyl (C=O) groups excluding carboxylic acids is 1. The molecule has 1 heterocycles. The van der Waals surface area contributed by atoms with Crippen LogP contribution >= 0.6 is 0 Å². The number of ketones is 1. The van der Waals surface area contributed by atoms with Gasteiger partial charge in [-0.1, -0.05) is 42.5 Å². The molecule has 0 aliphatic carbocycles. The second-order valence-corrected chi connectivity index (χ2v) is 8.34. The van der Waals surface area contributed by atoms with Crippen LogP contribution in [0.4, 0.5) is 22.0 Å². The van der Waals surface area contributed by atoms with Crippen LogP contribution in [-0.4, -0.2) is 23.8 Å². The molecule has 1 saturated heterocycles. The molecule has 0 aromatic heterocycles. The standard InChI is InChI=1S/C26H22F5NO/c27-21-8-4-18(5-9-21)25(19-6-10-22(28)11-7-19)23-16-32(13-12-24(23)33)15-17-2-1-3-20(14-17)26(29,30)31/h1-11,14,23,25H,12-13,15-16H2. The molecular formula is C26H22F5NO. The third kappa shape index (κ3) is 5.47. The van der Waals surface area contributed by atoms with Crippen molar-refractivity contribution >= 4 is 5.78 Å². The minimum Gasteiger partial charge on any atom is -0.299 e. The van der Waals surface area contributed by atoms with Crippen LogP contribution in [0, 0.1) is 17.6 Å². The summed E-state index contributed by atoms with van der Waals surface area (Å²) in [5.41, 5.74) is 1.25. The highest BCUT2D eigenvalue weighted by molar-refractivity contribution is 5.83. The Bertz CT molecular complexity index is 1060. The average Bonchev–Trinajstić information content (AvgIpc) is 2.78. The molecule has 172 valence electrons. The number of Topliss-reactive ketones (excluding diaryl/α,β-unsaturated/α-hetero) is 1. The molecule has 33 heavy (non-hydrogen) atoms. The lowest BCUT2D eigenvalue weighted by Gasteiger charge is -2.36. The van der Waals surface area contributed by atoms with Gasteiger partial charge in [-0.25, -0.2) is 8.78 Å². The Morgan fingerprint density at radius 3 is 2.00 bits per heavy atom. The fourth-order valence-electron chi connectivity index (χ4n) is 4.46. The zero-order chi connectivity index (χ0) is 23.6. The molecule has 1 atom stereocenters. The number of hydrogen-bond acceptors (Lipinski definition) is 2. The first-order chi connectivity index (χ1) is 15.7. The predicted molar refractivity (Wildman–Crippen MR) is 114 cm³/mol. The maximum Gasteiger partial charge on any atom is 0.416 e. The third-order valence-corrected chi connectivity index (χ3v) is 6.06. The van der Waals surface area contributed by atoms with Crippen LogP contribution in [0.15, 0.2) is 72.8 Å². The molecule has 0 bridgehead atoms. The molecule has 0 N–H and O–H groups in total. The van der Waals surface area contributed by atoms with E-state index in [1.807, 2.05) is 4.90 Å². The zero-order valence-corrected chi connectivity index (χ0v) is 17.7. The molecule has 1 unspecified atom stereocenters. The van der Waals surface area contributed by atoms with E-state index in [9.17, 15) is 26.7 Å². The summed E-state index contributed by atoms with van der Waals surface area (Å²) < 4.78 is 66.3. The van der Waals surface area contributed by atoms with Gasteiger partial charge in [-0.3, -0.25) is 9.69 Å². The van der Waals surface area contributed by atoms with E-state index >= 15 is 0 Å². The largest absolute Gasteiger partial charge is 0.416 e. The van der Waals surface area contributed by atoms with Crippen molar-refractivity contribution in [3.63, 3.8) is 0 Å². The van der Waals surface area contributed by atoms with Crippen LogP contribution in [0.5, 0.6) is 0 Å². The van der Waals surface area contributed by atoms with Gasteiger partial charge in [-0.15, -0.1) is 0 Å². The van der Waals surface area contributed by atoms with Crippen LogP contribution < -0.4 is 0 Å². The van der Waals surface area contributed by atoms with Gasteiger partial charge in [0.15, 0.2) is 0 Å². The topological polar surface area (TPSA) is 20.3 Å². The van der Waals surface area contributed by atoms with Crippen LogP contribution in [-0.2, 0) is 17.5 Å². The number of benzene rings is 3. The van der Waals surface area contributed by atoms with Gasteiger partial charge >= 0.3 is 6.18 Å². The van der Waals surface area contributed by atoms with Crippen molar-refractivity contribution in [3.05, 3.63) is 107 Å². The minimum absolute atomic E-state index is 0.0222. The summed E-state index contributed by atoms with van der Waals surface area (Å²) in [6.07, 6.45) is -4.17. The summed E-state index contributed by atoms with van der Waals surface area (Å²) in [6, 6.07) is 16.9. The van der Waals surface area contributed by atoms with E-state index in [1.54, 1.807) is 30.3 Å². The lowest BCUT2D eigenvalue weighted by molar-refractivity contribution is -0.137. The Morgan fingerprint density at radius 2 is 1.45 bits per heavy atom. The number of piperidine rings is 1. The molecule has 0 spiro atoms. The Hall–Kier alpha value is -3.06. The summed E-state index contributed by atoms with van der Waals surface area (Å²) >= 11 is 0. The maximum absolute atomic E-state index is 13.5. The predicted octanol–water partition coefficient (Wildman–Crippen LogP) is 6.21. The molecule has 2 nitrogen and oxygen atoms in total. The van der Waals surface area contributed by atoms with E-state index in [0.29, 0.717) is 18.7 Å². The fourth-order valence-corrected chi connectivity index (χ4v) is 4.46. The fraction of sp³-hybridized carbons (Fsp3) is 0.269. The van der Waals surface area contributed by atoms with E-state index < -0.39 is 35.2 Å². The lowest BCUT2D eigenvalue weighted by atomic mass is 9.76. The van der Waals surface area contributed by atoms with E-state index in [4.69, 9.17) is 0 Å². The molecule has 0 amide bonds. The number of carbonyl (C=O) groups is 1. The van der Waals surface area contributed by atoms with E-state index in [0.717, 1.165) is 23.3 Å². The second kappa shape index (κ2) is 9.43. The van der Waals surface area contributed by atoms with Crippen molar-refractivity contribution < 1.29 is 26.7 Å². The summed E-state index contributed by atoms with van der Waals surface area (Å²) in [7, 11) is 0. The number of rotatable bonds is 5. The zero-order valence-electron chi connectivity index (χ0n) is 17.7. The van der Waals surface area contributed by atoms with Crippen molar-refractivity contribution in [2.45, 2.75) is 25.1 Å². The molecular weight excluding hydrogens is 437 g/mol. The van der Waals surface area contributed by atoms with Crippen molar-refractivity contribution in [3.8, 4) is 0 Å². The molecule has 1 fully saturated rings. The molecule has 3 aromatic carbocycles. The molecule has 0 radical (unpaired) electrons. The van der Waals surface area contributed by atoms with Crippen molar-refractivity contribution in [2.75, 3.05) is 13.1 Å². The monoisotopic (exact) mass is 459 g/mol. The van der Waals surface area contributed by atoms with Gasteiger partial charge in [0.05, 0.1) is 5.56 Å². The highest BCUT2D eigenvalue weighted by Gasteiger charge is 2.36. The first-order valence-electron chi connectivity index (χ1n) is 10.6. The van der Waals surface area contributed by atoms with Crippen LogP contribution in [0.2, 0.25) is 0 Å². The van der Waals surface area contributed by atoms with Gasteiger partial charge in [-0.2, -0.15) is 13.2 Å². The van der Waals surface area contributed by atoms with Crippen molar-refractivity contribution in [1.29, 1.82) is 0 Å². The first kappa shape index (κ1) is 23.1. The Labute approximate surface area is 188 Å². The van der Waals surface area contributed by atoms with Gasteiger partial charge in [0, 0.05) is 37.9 Å². The first-order valence-corrected chi connectivity index (χ1v) is 10.6. The summed E-state index contributed by atoms with van der Waals surface area (Å²) in [6.45, 7) is 1.03. The second-order valence-electron chi connectivity index (χ2n) is 8.34. The minimum atomic E-state index is -4.42. The summed E-state index contributed by atoms with van der Waals surface area (Å²) in [5, 5.41) is 0. The van der Waals surface area contributed by atoms with Crippen LogP contribution in [0.25, 0.3) is 0 Å². The maximum atomic E-state index is 13.5. The third-order valence-electron chi connectivity index (χ3n) is 6.06. The molecule has 1 aliphatic heterocycles. The van der Waals surface area contributed by atoms with Gasteiger partial charge in [0.25, 0.3) is 0 Å².